The summed E-state index contributed by atoms with van der Waals surface area (Å²) in [5.74, 6) is -1.21. The highest BCUT2D eigenvalue weighted by Crippen LogP contribution is 2.40. The standard InChI is InChI=1S/C47H55N9O6S2/c1-24-27(4)64-46-38(24)39(50-35(20-37(58)59)42-53-52-28(5)56(42)46)30-13-15-33(16-14-30)54-18-17-32(21-54)43(60)51-41(47(6,7)8)45(62)55-22-34(57)19-36(55)44(61)49-25(2)29-9-11-31(12-10-29)40-26(3)48-23-63-40/h9-16,23,25,32,34-36,41,57H,17-22H2,1-8H3,(H,49,61)(H,51,60)(H,58,59)/t25-,32+,34+,35-,36-,41+/m0/s1. The van der Waals surface area contributed by atoms with Crippen LogP contribution in [-0.4, -0.2) is 102 Å². The van der Waals surface area contributed by atoms with Gasteiger partial charge in [0, 0.05) is 47.7 Å². The average molecular weight is 906 g/mol. The number of aliphatic hydroxyl groups is 1. The van der Waals surface area contributed by atoms with Crippen LogP contribution in [0.15, 0.2) is 59.0 Å². The van der Waals surface area contributed by atoms with Crippen LogP contribution in [0.1, 0.15) is 104 Å². The Hall–Kier alpha value is -5.78. The van der Waals surface area contributed by atoms with E-state index in [2.05, 4.69) is 44.6 Å². The molecule has 3 aromatic heterocycles. The number of fused-ring (bicyclic) bond motifs is 3. The normalized spacial score (nSPS) is 20.5. The van der Waals surface area contributed by atoms with Crippen molar-refractivity contribution in [3.8, 4) is 15.4 Å². The number of aliphatic imine (C=N–C) groups is 1. The van der Waals surface area contributed by atoms with Crippen LogP contribution in [0.3, 0.4) is 0 Å². The van der Waals surface area contributed by atoms with Crippen LogP contribution in [0.25, 0.3) is 15.4 Å². The largest absolute Gasteiger partial charge is 0.481 e. The Morgan fingerprint density at radius 2 is 1.62 bits per heavy atom. The molecule has 8 rings (SSSR count). The number of carbonyl (C=O) groups is 4. The Balaban J connectivity index is 0.938. The minimum absolute atomic E-state index is 0.00963. The number of hydrogen-bond donors (Lipinski definition) is 4. The number of likely N-dealkylation sites (tertiary alicyclic amines) is 1. The Labute approximate surface area is 380 Å². The number of carboxylic acid groups (broad SMARTS) is 1. The summed E-state index contributed by atoms with van der Waals surface area (Å²) in [7, 11) is 0. The summed E-state index contributed by atoms with van der Waals surface area (Å²) >= 11 is 3.19. The van der Waals surface area contributed by atoms with E-state index < -0.39 is 47.4 Å². The van der Waals surface area contributed by atoms with Gasteiger partial charge in [-0.3, -0.25) is 28.7 Å². The third kappa shape index (κ3) is 8.72. The predicted molar refractivity (Wildman–Crippen MR) is 247 cm³/mol. The van der Waals surface area contributed by atoms with Crippen molar-refractivity contribution in [3.63, 3.8) is 0 Å². The molecule has 2 fully saturated rings. The summed E-state index contributed by atoms with van der Waals surface area (Å²) in [5, 5.41) is 36.3. The fraction of sp³-hybridized carbons (Fsp3) is 0.447. The van der Waals surface area contributed by atoms with Crippen LogP contribution in [0.5, 0.6) is 0 Å². The lowest BCUT2D eigenvalue weighted by Crippen LogP contribution is -2.58. The number of rotatable bonds is 11. The molecule has 2 aromatic carbocycles. The second-order valence-corrected chi connectivity index (χ2v) is 20.4. The maximum absolute atomic E-state index is 14.4. The number of carbonyl (C=O) groups excluding carboxylic acids is 3. The fourth-order valence-electron chi connectivity index (χ4n) is 9.00. The second-order valence-electron chi connectivity index (χ2n) is 18.3. The predicted octanol–water partition coefficient (Wildman–Crippen LogP) is 6.25. The smallest absolute Gasteiger partial charge is 0.306 e. The SMILES string of the molecule is Cc1ncsc1-c1ccc([C@H](C)NC(=O)[C@@H]2C[C@@H](O)CN2C(=O)[C@@H](NC(=O)[C@@H]2CCN(c3ccc(C4=N[C@@H](CC(=O)O)c5nnc(C)n5-c5sc(C)c(C)c54)cc3)C2)C(C)(C)C)cc1. The van der Waals surface area contributed by atoms with Gasteiger partial charge in [-0.25, -0.2) is 4.98 Å². The van der Waals surface area contributed by atoms with Crippen LogP contribution < -0.4 is 15.5 Å². The van der Waals surface area contributed by atoms with E-state index in [1.807, 2.05) is 100 Å². The maximum atomic E-state index is 14.4. The van der Waals surface area contributed by atoms with Crippen molar-refractivity contribution in [2.45, 2.75) is 105 Å². The van der Waals surface area contributed by atoms with Crippen molar-refractivity contribution < 1.29 is 29.4 Å². The molecule has 3 amide bonds. The Bertz CT molecular complexity index is 2630. The maximum Gasteiger partial charge on any atom is 0.306 e. The first-order chi connectivity index (χ1) is 30.4. The number of β-amino-alcohol motifs (C(OH)–C–C–N with tert-alkyl or cyclic N) is 1. The molecule has 0 spiro atoms. The number of hydrogen-bond acceptors (Lipinski definition) is 12. The lowest BCUT2D eigenvalue weighted by Gasteiger charge is -2.36. The molecule has 0 saturated carbocycles. The average Bonchev–Trinajstić information content (AvgIpc) is 4.10. The number of nitrogens with zero attached hydrogens (tertiary/aromatic N) is 7. The summed E-state index contributed by atoms with van der Waals surface area (Å²) in [4.78, 5) is 69.4. The van der Waals surface area contributed by atoms with Gasteiger partial charge in [0.05, 0.1) is 46.3 Å². The molecule has 15 nitrogen and oxygen atoms in total. The number of thiophene rings is 1. The van der Waals surface area contributed by atoms with Gasteiger partial charge in [0.25, 0.3) is 0 Å². The number of benzene rings is 2. The Morgan fingerprint density at radius 3 is 2.28 bits per heavy atom. The number of amides is 3. The van der Waals surface area contributed by atoms with E-state index in [0.29, 0.717) is 36.9 Å². The second kappa shape index (κ2) is 17.7. The number of nitrogens with one attached hydrogen (secondary N) is 2. The zero-order valence-electron chi connectivity index (χ0n) is 37.4. The summed E-state index contributed by atoms with van der Waals surface area (Å²) in [6.45, 7) is 16.5. The van der Waals surface area contributed by atoms with E-state index in [-0.39, 0.29) is 37.2 Å². The number of anilines is 1. The number of aliphatic carboxylic acids is 1. The van der Waals surface area contributed by atoms with Crippen molar-refractivity contribution in [2.24, 2.45) is 16.3 Å². The molecule has 64 heavy (non-hydrogen) atoms. The zero-order chi connectivity index (χ0) is 45.8. The highest BCUT2D eigenvalue weighted by molar-refractivity contribution is 7.15. The molecule has 0 aliphatic carbocycles. The Kier molecular flexibility index (Phi) is 12.4. The number of aromatic nitrogens is 4. The first kappa shape index (κ1) is 44.8. The molecular weight excluding hydrogens is 851 g/mol. The van der Waals surface area contributed by atoms with Crippen molar-refractivity contribution in [1.82, 2.24) is 35.3 Å². The molecule has 336 valence electrons. The summed E-state index contributed by atoms with van der Waals surface area (Å²) < 4.78 is 1.93. The topological polar surface area (TPSA) is 195 Å². The highest BCUT2D eigenvalue weighted by Gasteiger charge is 2.45. The number of aryl methyl sites for hydroxylation is 3. The summed E-state index contributed by atoms with van der Waals surface area (Å²) in [5.41, 5.74) is 8.49. The van der Waals surface area contributed by atoms with Crippen molar-refractivity contribution in [3.05, 3.63) is 98.5 Å². The molecule has 5 aromatic rings. The molecule has 17 heteroatoms. The summed E-state index contributed by atoms with van der Waals surface area (Å²) in [6.07, 6.45) is -0.435. The van der Waals surface area contributed by atoms with Gasteiger partial charge in [-0.1, -0.05) is 57.2 Å². The van der Waals surface area contributed by atoms with Crippen LogP contribution in [0, 0.1) is 39.0 Å². The van der Waals surface area contributed by atoms with Gasteiger partial charge in [0.2, 0.25) is 17.7 Å². The van der Waals surface area contributed by atoms with E-state index in [4.69, 9.17) is 4.99 Å². The summed E-state index contributed by atoms with van der Waals surface area (Å²) in [6, 6.07) is 13.0. The van der Waals surface area contributed by atoms with Gasteiger partial charge >= 0.3 is 5.97 Å². The van der Waals surface area contributed by atoms with Gasteiger partial charge in [0.1, 0.15) is 29.0 Å². The lowest BCUT2D eigenvalue weighted by atomic mass is 9.85. The number of carboxylic acids is 1. The minimum atomic E-state index is -0.979. The first-order valence-corrected chi connectivity index (χ1v) is 23.4. The third-order valence-electron chi connectivity index (χ3n) is 12.7. The van der Waals surface area contributed by atoms with E-state index in [1.165, 1.54) is 4.90 Å². The van der Waals surface area contributed by atoms with Crippen molar-refractivity contribution in [2.75, 3.05) is 24.5 Å². The molecule has 6 atom stereocenters. The van der Waals surface area contributed by atoms with Gasteiger partial charge in [-0.2, -0.15) is 0 Å². The molecule has 0 radical (unpaired) electrons. The molecule has 3 aliphatic heterocycles. The van der Waals surface area contributed by atoms with Crippen LogP contribution in [0.4, 0.5) is 5.69 Å². The monoisotopic (exact) mass is 905 g/mol. The van der Waals surface area contributed by atoms with Gasteiger partial charge < -0.3 is 30.6 Å². The van der Waals surface area contributed by atoms with E-state index >= 15 is 0 Å². The van der Waals surface area contributed by atoms with Crippen LogP contribution in [0.2, 0.25) is 0 Å². The zero-order valence-corrected chi connectivity index (χ0v) is 39.0. The van der Waals surface area contributed by atoms with Crippen LogP contribution >= 0.6 is 22.7 Å². The molecule has 0 bridgehead atoms. The first-order valence-electron chi connectivity index (χ1n) is 21.7. The number of aliphatic hydroxyl groups excluding tert-OH is 1. The molecule has 3 aliphatic rings. The van der Waals surface area contributed by atoms with Crippen molar-refractivity contribution in [1.29, 1.82) is 0 Å². The minimum Gasteiger partial charge on any atom is -0.481 e. The third-order valence-corrected chi connectivity index (χ3v) is 14.9. The van der Waals surface area contributed by atoms with E-state index in [1.54, 1.807) is 22.7 Å². The number of thiazole rings is 1. The quantitative estimate of drug-likeness (QED) is 0.118. The van der Waals surface area contributed by atoms with E-state index in [9.17, 15) is 29.4 Å². The highest BCUT2D eigenvalue weighted by atomic mass is 32.1. The molecular formula is C47H55N9O6S2. The molecule has 2 saturated heterocycles. The van der Waals surface area contributed by atoms with Crippen molar-refractivity contribution >= 4 is 57.8 Å². The lowest BCUT2D eigenvalue weighted by molar-refractivity contribution is -0.144. The molecule has 4 N–H and O–H groups in total. The molecule has 6 heterocycles. The molecule has 0 unspecified atom stereocenters. The van der Waals surface area contributed by atoms with Gasteiger partial charge in [-0.05, 0) is 75.3 Å². The fourth-order valence-corrected chi connectivity index (χ4v) is 11.0. The Morgan fingerprint density at radius 1 is 0.922 bits per heavy atom. The van der Waals surface area contributed by atoms with Gasteiger partial charge in [-0.15, -0.1) is 32.9 Å². The van der Waals surface area contributed by atoms with Gasteiger partial charge in [0.15, 0.2) is 5.82 Å². The van der Waals surface area contributed by atoms with Crippen LogP contribution in [-0.2, 0) is 19.2 Å². The van der Waals surface area contributed by atoms with E-state index in [0.717, 1.165) is 54.0 Å².